The van der Waals surface area contributed by atoms with Crippen molar-refractivity contribution in [2.24, 2.45) is 11.3 Å². The van der Waals surface area contributed by atoms with Crippen LogP contribution >= 0.6 is 23.2 Å². The molecule has 1 amide bonds. The number of nitrogens with one attached hydrogen (secondary N) is 2. The number of hydrogen-bond donors (Lipinski definition) is 2. The van der Waals surface area contributed by atoms with Crippen LogP contribution in [0.3, 0.4) is 0 Å². The number of carbonyl (C=O) groups excluding carboxylic acids is 1. The maximum atomic E-state index is 13.7. The van der Waals surface area contributed by atoms with Crippen LogP contribution in [0.5, 0.6) is 0 Å². The van der Waals surface area contributed by atoms with Gasteiger partial charge in [-0.15, -0.1) is 0 Å². The minimum absolute atomic E-state index is 0.0635. The summed E-state index contributed by atoms with van der Waals surface area (Å²) in [6, 6.07) is 16.9. The molecule has 1 heterocycles. The third-order valence-corrected chi connectivity index (χ3v) is 7.77. The summed E-state index contributed by atoms with van der Waals surface area (Å²) < 4.78 is 0. The van der Waals surface area contributed by atoms with E-state index < -0.39 is 17.4 Å². The van der Waals surface area contributed by atoms with Gasteiger partial charge in [0.25, 0.3) is 0 Å². The minimum atomic E-state index is -0.987. The number of amides is 1. The lowest BCUT2D eigenvalue weighted by atomic mass is 9.63. The van der Waals surface area contributed by atoms with E-state index >= 15 is 0 Å². The standard InChI is InChI=1S/C29H37Cl2N3O/c1-6-19(7-2)17-33-27(35)26-25(20-9-8-10-23(31)15-20)29(18-32,21-11-13-22(30)14-12-21)24(34-26)16-28(3,4)5/h8-15,19,24-26,34H,6-7,16-17H2,1-5H3,(H,33,35)/t24-,25-,26+,29-/m0/s1. The lowest BCUT2D eigenvalue weighted by molar-refractivity contribution is -0.123. The predicted molar refractivity (Wildman–Crippen MR) is 145 cm³/mol. The van der Waals surface area contributed by atoms with Crippen molar-refractivity contribution < 1.29 is 4.79 Å². The van der Waals surface area contributed by atoms with Crippen LogP contribution < -0.4 is 10.6 Å². The molecular formula is C29H37Cl2N3O. The molecule has 0 aromatic heterocycles. The zero-order chi connectivity index (χ0) is 25.8. The van der Waals surface area contributed by atoms with Gasteiger partial charge in [-0.1, -0.05) is 94.9 Å². The van der Waals surface area contributed by atoms with Gasteiger partial charge in [0.2, 0.25) is 5.91 Å². The fourth-order valence-electron chi connectivity index (χ4n) is 5.39. The van der Waals surface area contributed by atoms with Gasteiger partial charge in [-0.05, 0) is 53.1 Å². The van der Waals surface area contributed by atoms with E-state index in [4.69, 9.17) is 23.2 Å². The van der Waals surface area contributed by atoms with Crippen LogP contribution in [0.2, 0.25) is 10.0 Å². The van der Waals surface area contributed by atoms with Crippen molar-refractivity contribution in [2.45, 2.75) is 77.3 Å². The Bertz CT molecular complexity index is 1050. The largest absolute Gasteiger partial charge is 0.354 e. The third kappa shape index (κ3) is 6.02. The van der Waals surface area contributed by atoms with Crippen molar-refractivity contribution >= 4 is 29.1 Å². The van der Waals surface area contributed by atoms with Crippen molar-refractivity contribution in [2.75, 3.05) is 6.54 Å². The molecule has 1 aliphatic rings. The van der Waals surface area contributed by atoms with Crippen molar-refractivity contribution in [3.63, 3.8) is 0 Å². The van der Waals surface area contributed by atoms with Crippen LogP contribution in [0.25, 0.3) is 0 Å². The van der Waals surface area contributed by atoms with Crippen molar-refractivity contribution in [1.29, 1.82) is 5.26 Å². The summed E-state index contributed by atoms with van der Waals surface area (Å²) in [5.41, 5.74) is 0.679. The molecule has 2 aromatic carbocycles. The van der Waals surface area contributed by atoms with E-state index in [1.165, 1.54) is 0 Å². The summed E-state index contributed by atoms with van der Waals surface area (Å²) in [5, 5.41) is 18.9. The maximum Gasteiger partial charge on any atom is 0.237 e. The van der Waals surface area contributed by atoms with E-state index in [2.05, 4.69) is 51.3 Å². The van der Waals surface area contributed by atoms with E-state index in [0.717, 1.165) is 30.4 Å². The molecule has 188 valence electrons. The second-order valence-electron chi connectivity index (χ2n) is 10.9. The lowest BCUT2D eigenvalue weighted by Gasteiger charge is -2.37. The average Bonchev–Trinajstić information content (AvgIpc) is 3.13. The quantitative estimate of drug-likeness (QED) is 0.404. The molecule has 1 saturated heterocycles. The van der Waals surface area contributed by atoms with Gasteiger partial charge >= 0.3 is 0 Å². The fraction of sp³-hybridized carbons (Fsp3) is 0.517. The molecule has 2 N–H and O–H groups in total. The second-order valence-corrected chi connectivity index (χ2v) is 11.8. The summed E-state index contributed by atoms with van der Waals surface area (Å²) in [7, 11) is 0. The Kier molecular flexibility index (Phi) is 8.91. The summed E-state index contributed by atoms with van der Waals surface area (Å²) in [6.45, 7) is 11.4. The van der Waals surface area contributed by atoms with Crippen LogP contribution in [0.15, 0.2) is 48.5 Å². The molecule has 6 heteroatoms. The van der Waals surface area contributed by atoms with Gasteiger partial charge in [0.15, 0.2) is 0 Å². The number of nitriles is 1. The number of benzene rings is 2. The Morgan fingerprint density at radius 1 is 1.11 bits per heavy atom. The van der Waals surface area contributed by atoms with Crippen LogP contribution in [-0.2, 0) is 10.2 Å². The van der Waals surface area contributed by atoms with Crippen LogP contribution in [-0.4, -0.2) is 24.5 Å². The van der Waals surface area contributed by atoms with Crippen LogP contribution in [0.1, 0.15) is 70.9 Å². The first-order chi connectivity index (χ1) is 16.6. The second kappa shape index (κ2) is 11.3. The monoisotopic (exact) mass is 513 g/mol. The highest BCUT2D eigenvalue weighted by Crippen LogP contribution is 2.51. The first kappa shape index (κ1) is 27.5. The average molecular weight is 515 g/mol. The number of carbonyl (C=O) groups is 1. The molecule has 4 atom stereocenters. The van der Waals surface area contributed by atoms with Gasteiger partial charge in [-0.25, -0.2) is 0 Å². The smallest absolute Gasteiger partial charge is 0.237 e. The fourth-order valence-corrected chi connectivity index (χ4v) is 5.71. The molecule has 1 aliphatic heterocycles. The van der Waals surface area contributed by atoms with Crippen molar-refractivity contribution in [1.82, 2.24) is 10.6 Å². The Morgan fingerprint density at radius 2 is 1.77 bits per heavy atom. The molecule has 0 unspecified atom stereocenters. The molecule has 0 bridgehead atoms. The molecule has 0 aliphatic carbocycles. The van der Waals surface area contributed by atoms with Crippen LogP contribution in [0.4, 0.5) is 0 Å². The van der Waals surface area contributed by atoms with E-state index in [9.17, 15) is 10.1 Å². The first-order valence-corrected chi connectivity index (χ1v) is 13.3. The van der Waals surface area contributed by atoms with Crippen molar-refractivity contribution in [3.05, 3.63) is 69.7 Å². The first-order valence-electron chi connectivity index (χ1n) is 12.5. The minimum Gasteiger partial charge on any atom is -0.354 e. The molecule has 1 fully saturated rings. The lowest BCUT2D eigenvalue weighted by Crippen LogP contribution is -2.46. The number of halogens is 2. The number of hydrogen-bond acceptors (Lipinski definition) is 3. The molecule has 0 radical (unpaired) electrons. The van der Waals surface area contributed by atoms with E-state index in [-0.39, 0.29) is 17.4 Å². The maximum absolute atomic E-state index is 13.7. The molecule has 0 spiro atoms. The number of rotatable bonds is 8. The van der Waals surface area contributed by atoms with Gasteiger partial charge in [0.05, 0.1) is 12.1 Å². The Labute approximate surface area is 220 Å². The summed E-state index contributed by atoms with van der Waals surface area (Å²) in [4.78, 5) is 13.7. The topological polar surface area (TPSA) is 64.9 Å². The number of nitrogens with zero attached hydrogens (tertiary/aromatic N) is 1. The molecule has 4 nitrogen and oxygen atoms in total. The summed E-state index contributed by atoms with van der Waals surface area (Å²) >= 11 is 12.6. The van der Waals surface area contributed by atoms with Gasteiger partial charge in [-0.3, -0.25) is 4.79 Å². The zero-order valence-corrected chi connectivity index (χ0v) is 22.9. The molecule has 2 aromatic rings. The molecule has 0 saturated carbocycles. The highest BCUT2D eigenvalue weighted by molar-refractivity contribution is 6.30. The Morgan fingerprint density at radius 3 is 2.31 bits per heavy atom. The van der Waals surface area contributed by atoms with Gasteiger partial charge in [0, 0.05) is 28.5 Å². The van der Waals surface area contributed by atoms with E-state index in [0.29, 0.717) is 22.5 Å². The van der Waals surface area contributed by atoms with Gasteiger partial charge < -0.3 is 10.6 Å². The molecule has 3 rings (SSSR count). The Balaban J connectivity index is 2.17. The Hall–Kier alpha value is -2.06. The van der Waals surface area contributed by atoms with E-state index in [1.807, 2.05) is 48.5 Å². The van der Waals surface area contributed by atoms with Gasteiger partial charge in [0.1, 0.15) is 5.41 Å². The SMILES string of the molecule is CCC(CC)CNC(=O)[C@@H]1N[C@@H](CC(C)(C)C)[C@](C#N)(c2ccc(Cl)cc2)[C@H]1c1cccc(Cl)c1. The normalized spacial score (nSPS) is 24.4. The molecular weight excluding hydrogens is 477 g/mol. The predicted octanol–water partition coefficient (Wildman–Crippen LogP) is 6.87. The summed E-state index contributed by atoms with van der Waals surface area (Å²) in [5.74, 6) is -0.0827. The zero-order valence-electron chi connectivity index (χ0n) is 21.4. The third-order valence-electron chi connectivity index (χ3n) is 7.29. The van der Waals surface area contributed by atoms with Gasteiger partial charge in [-0.2, -0.15) is 5.26 Å². The van der Waals surface area contributed by atoms with Crippen molar-refractivity contribution in [3.8, 4) is 6.07 Å². The van der Waals surface area contributed by atoms with Crippen LogP contribution in [0, 0.1) is 22.7 Å². The van der Waals surface area contributed by atoms with E-state index in [1.54, 1.807) is 0 Å². The highest BCUT2D eigenvalue weighted by atomic mass is 35.5. The highest BCUT2D eigenvalue weighted by Gasteiger charge is 2.59. The molecule has 35 heavy (non-hydrogen) atoms. The summed E-state index contributed by atoms with van der Waals surface area (Å²) in [6.07, 6.45) is 2.73.